The van der Waals surface area contributed by atoms with Crippen molar-refractivity contribution in [3.8, 4) is 11.5 Å². The summed E-state index contributed by atoms with van der Waals surface area (Å²) < 4.78 is 5.32. The molecule has 1 aliphatic rings. The molecule has 4 N–H and O–H groups in total. The lowest BCUT2D eigenvalue weighted by Crippen LogP contribution is -2.41. The number of hydrazine groups is 1. The SMILES string of the molecule is CCOc1cccc(/C=N/NC(=O)C2CC(c3ccc(Cl)cc3Cl)NN2)c1O. The molecule has 1 fully saturated rings. The molecule has 0 bridgehead atoms. The predicted octanol–water partition coefficient (Wildman–Crippen LogP) is 3.16. The number of phenolic OH excluding ortho intramolecular Hbond substituents is 1. The van der Waals surface area contributed by atoms with Gasteiger partial charge in [0.05, 0.1) is 12.8 Å². The third-order valence-electron chi connectivity index (χ3n) is 4.27. The Kier molecular flexibility index (Phi) is 6.74. The van der Waals surface area contributed by atoms with Gasteiger partial charge in [0.25, 0.3) is 5.91 Å². The number of aromatic hydroxyl groups is 1. The predicted molar refractivity (Wildman–Crippen MR) is 109 cm³/mol. The Bertz CT molecular complexity index is 891. The fraction of sp³-hybridized carbons (Fsp3) is 0.263. The van der Waals surface area contributed by atoms with E-state index in [0.29, 0.717) is 34.4 Å². The lowest BCUT2D eigenvalue weighted by molar-refractivity contribution is -0.122. The number of benzene rings is 2. The summed E-state index contributed by atoms with van der Waals surface area (Å²) in [7, 11) is 0. The van der Waals surface area contributed by atoms with Crippen molar-refractivity contribution in [3.63, 3.8) is 0 Å². The molecule has 9 heteroatoms. The van der Waals surface area contributed by atoms with Gasteiger partial charge < -0.3 is 9.84 Å². The maximum Gasteiger partial charge on any atom is 0.258 e. The van der Waals surface area contributed by atoms with Gasteiger partial charge in [0.2, 0.25) is 0 Å². The van der Waals surface area contributed by atoms with Crippen molar-refractivity contribution in [3.05, 3.63) is 57.6 Å². The van der Waals surface area contributed by atoms with E-state index < -0.39 is 6.04 Å². The number of phenols is 1. The standard InChI is InChI=1S/C19H20Cl2N4O3/c1-2-28-17-5-3-4-11(18(17)26)10-22-25-19(27)16-9-15(23-24-16)13-7-6-12(20)8-14(13)21/h3-8,10,15-16,23-24,26H,2,9H2,1H3,(H,25,27)/b22-10+. The Balaban J connectivity index is 1.59. The van der Waals surface area contributed by atoms with Crippen molar-refractivity contribution in [1.82, 2.24) is 16.3 Å². The van der Waals surface area contributed by atoms with Crippen molar-refractivity contribution in [1.29, 1.82) is 0 Å². The van der Waals surface area contributed by atoms with Crippen LogP contribution in [0, 0.1) is 0 Å². The van der Waals surface area contributed by atoms with E-state index in [1.54, 1.807) is 30.3 Å². The number of hydrogen-bond donors (Lipinski definition) is 4. The molecule has 0 radical (unpaired) electrons. The number of nitrogens with zero attached hydrogens (tertiary/aromatic N) is 1. The van der Waals surface area contributed by atoms with Crippen LogP contribution in [0.15, 0.2) is 41.5 Å². The molecule has 0 aliphatic carbocycles. The number of hydrogen-bond acceptors (Lipinski definition) is 6. The number of amides is 1. The molecule has 0 spiro atoms. The smallest absolute Gasteiger partial charge is 0.258 e. The van der Waals surface area contributed by atoms with Crippen LogP contribution in [0.2, 0.25) is 10.0 Å². The van der Waals surface area contributed by atoms with E-state index in [4.69, 9.17) is 27.9 Å². The van der Waals surface area contributed by atoms with Crippen LogP contribution >= 0.6 is 23.2 Å². The Morgan fingerprint density at radius 1 is 1.36 bits per heavy atom. The van der Waals surface area contributed by atoms with Crippen molar-refractivity contribution in [2.24, 2.45) is 5.10 Å². The first kappa shape index (κ1) is 20.4. The Hall–Kier alpha value is -2.32. The minimum absolute atomic E-state index is 0.0274. The second-order valence-corrected chi connectivity index (χ2v) is 7.00. The molecule has 2 unspecified atom stereocenters. The molecular formula is C19H20Cl2N4O3. The number of nitrogens with one attached hydrogen (secondary N) is 3. The zero-order valence-electron chi connectivity index (χ0n) is 15.1. The Morgan fingerprint density at radius 2 is 2.18 bits per heavy atom. The number of carbonyl (C=O) groups excluding carboxylic acids is 1. The highest BCUT2D eigenvalue weighted by Gasteiger charge is 2.31. The lowest BCUT2D eigenvalue weighted by atomic mass is 10.0. The monoisotopic (exact) mass is 422 g/mol. The molecule has 1 aliphatic heterocycles. The van der Waals surface area contributed by atoms with Gasteiger partial charge in [0.15, 0.2) is 11.5 Å². The topological polar surface area (TPSA) is 95.0 Å². The molecule has 1 saturated heterocycles. The quantitative estimate of drug-likeness (QED) is 0.423. The van der Waals surface area contributed by atoms with Crippen molar-refractivity contribution >= 4 is 35.3 Å². The Labute approximate surface area is 172 Å². The lowest BCUT2D eigenvalue weighted by Gasteiger charge is -2.11. The molecule has 7 nitrogen and oxygen atoms in total. The number of para-hydroxylation sites is 1. The summed E-state index contributed by atoms with van der Waals surface area (Å²) in [5.41, 5.74) is 9.76. The van der Waals surface area contributed by atoms with E-state index in [1.165, 1.54) is 6.21 Å². The highest BCUT2D eigenvalue weighted by Crippen LogP contribution is 2.31. The maximum atomic E-state index is 12.3. The summed E-state index contributed by atoms with van der Waals surface area (Å²) in [6, 6.07) is 9.69. The normalized spacial score (nSPS) is 19.1. The van der Waals surface area contributed by atoms with E-state index in [2.05, 4.69) is 21.4 Å². The number of halogens is 2. The largest absolute Gasteiger partial charge is 0.504 e. The van der Waals surface area contributed by atoms with E-state index in [0.717, 1.165) is 5.56 Å². The van der Waals surface area contributed by atoms with Gasteiger partial charge in [-0.15, -0.1) is 0 Å². The fourth-order valence-corrected chi connectivity index (χ4v) is 3.42. The van der Waals surface area contributed by atoms with Crippen LogP contribution in [-0.2, 0) is 4.79 Å². The number of carbonyl (C=O) groups is 1. The van der Waals surface area contributed by atoms with E-state index in [9.17, 15) is 9.90 Å². The fourth-order valence-electron chi connectivity index (χ4n) is 2.87. The van der Waals surface area contributed by atoms with Gasteiger partial charge in [-0.3, -0.25) is 4.79 Å². The molecule has 1 amide bonds. The van der Waals surface area contributed by atoms with Crippen LogP contribution in [-0.4, -0.2) is 29.9 Å². The molecule has 0 saturated carbocycles. The second-order valence-electron chi connectivity index (χ2n) is 6.16. The summed E-state index contributed by atoms with van der Waals surface area (Å²) in [4.78, 5) is 12.3. The van der Waals surface area contributed by atoms with Crippen LogP contribution in [0.1, 0.15) is 30.5 Å². The molecule has 1 heterocycles. The highest BCUT2D eigenvalue weighted by atomic mass is 35.5. The van der Waals surface area contributed by atoms with Crippen LogP contribution in [0.4, 0.5) is 0 Å². The molecular weight excluding hydrogens is 403 g/mol. The third kappa shape index (κ3) is 4.74. The highest BCUT2D eigenvalue weighted by molar-refractivity contribution is 6.35. The summed E-state index contributed by atoms with van der Waals surface area (Å²) >= 11 is 12.2. The molecule has 2 aromatic carbocycles. The summed E-state index contributed by atoms with van der Waals surface area (Å²) in [5.74, 6) is 0.0272. The first-order valence-corrected chi connectivity index (χ1v) is 9.49. The van der Waals surface area contributed by atoms with Crippen LogP contribution < -0.4 is 21.0 Å². The average Bonchev–Trinajstić information content (AvgIpc) is 3.14. The average molecular weight is 423 g/mol. The first-order valence-electron chi connectivity index (χ1n) is 8.73. The molecule has 2 aromatic rings. The molecule has 0 aromatic heterocycles. The minimum Gasteiger partial charge on any atom is -0.504 e. The maximum absolute atomic E-state index is 12.3. The molecule has 2 atom stereocenters. The van der Waals surface area contributed by atoms with Crippen LogP contribution in [0.5, 0.6) is 11.5 Å². The third-order valence-corrected chi connectivity index (χ3v) is 4.83. The van der Waals surface area contributed by atoms with Gasteiger partial charge >= 0.3 is 0 Å². The molecule has 3 rings (SSSR count). The van der Waals surface area contributed by atoms with Crippen molar-refractivity contribution in [2.45, 2.75) is 25.4 Å². The van der Waals surface area contributed by atoms with Crippen LogP contribution in [0.3, 0.4) is 0 Å². The zero-order valence-corrected chi connectivity index (χ0v) is 16.6. The molecule has 148 valence electrons. The number of hydrazone groups is 1. The summed E-state index contributed by atoms with van der Waals surface area (Å²) in [6.45, 7) is 2.26. The van der Waals surface area contributed by atoms with Crippen molar-refractivity contribution < 1.29 is 14.6 Å². The first-order chi connectivity index (χ1) is 13.5. The van der Waals surface area contributed by atoms with E-state index in [-0.39, 0.29) is 17.7 Å². The van der Waals surface area contributed by atoms with E-state index in [1.807, 2.05) is 13.0 Å². The van der Waals surface area contributed by atoms with Gasteiger partial charge in [0.1, 0.15) is 6.04 Å². The summed E-state index contributed by atoms with van der Waals surface area (Å²) in [6.07, 6.45) is 1.86. The van der Waals surface area contributed by atoms with Gasteiger partial charge in [-0.1, -0.05) is 35.3 Å². The zero-order chi connectivity index (χ0) is 20.1. The molecule has 28 heavy (non-hydrogen) atoms. The number of ether oxygens (including phenoxy) is 1. The van der Waals surface area contributed by atoms with Gasteiger partial charge in [-0.05, 0) is 43.2 Å². The Morgan fingerprint density at radius 3 is 2.93 bits per heavy atom. The van der Waals surface area contributed by atoms with Crippen LogP contribution in [0.25, 0.3) is 0 Å². The second kappa shape index (κ2) is 9.25. The van der Waals surface area contributed by atoms with Gasteiger partial charge in [-0.25, -0.2) is 16.3 Å². The summed E-state index contributed by atoms with van der Waals surface area (Å²) in [5, 5.41) is 15.1. The van der Waals surface area contributed by atoms with Gasteiger partial charge in [-0.2, -0.15) is 5.10 Å². The minimum atomic E-state index is -0.489. The van der Waals surface area contributed by atoms with E-state index >= 15 is 0 Å². The number of rotatable bonds is 6. The van der Waals surface area contributed by atoms with Gasteiger partial charge in [0, 0.05) is 21.7 Å². The van der Waals surface area contributed by atoms with Crippen molar-refractivity contribution in [2.75, 3.05) is 6.61 Å².